The van der Waals surface area contributed by atoms with E-state index >= 15 is 0 Å². The lowest BCUT2D eigenvalue weighted by Gasteiger charge is -2.33. The van der Waals surface area contributed by atoms with Crippen molar-refractivity contribution in [1.82, 2.24) is 9.97 Å². The van der Waals surface area contributed by atoms with Crippen molar-refractivity contribution in [3.8, 4) is 0 Å². The van der Waals surface area contributed by atoms with Gasteiger partial charge in [0.1, 0.15) is 16.5 Å². The van der Waals surface area contributed by atoms with Crippen LogP contribution in [0.3, 0.4) is 0 Å². The molecular weight excluding hydrogens is 369 g/mol. The molecular formula is C19H20FN3OS2. The molecule has 136 valence electrons. The topological polar surface area (TPSA) is 61.0 Å². The predicted octanol–water partition coefficient (Wildman–Crippen LogP) is 4.95. The summed E-state index contributed by atoms with van der Waals surface area (Å²) in [6.45, 7) is 4.86. The summed E-state index contributed by atoms with van der Waals surface area (Å²) < 4.78 is 19.8. The molecule has 0 amide bonds. The van der Waals surface area contributed by atoms with E-state index in [9.17, 15) is 4.39 Å². The van der Waals surface area contributed by atoms with Gasteiger partial charge in [-0.25, -0.2) is 14.4 Å². The van der Waals surface area contributed by atoms with E-state index in [0.717, 1.165) is 23.1 Å². The van der Waals surface area contributed by atoms with E-state index < -0.39 is 0 Å². The lowest BCUT2D eigenvalue weighted by atomic mass is 9.90. The average molecular weight is 390 g/mol. The van der Waals surface area contributed by atoms with E-state index in [1.807, 2.05) is 6.07 Å². The van der Waals surface area contributed by atoms with Gasteiger partial charge in [0.25, 0.3) is 0 Å². The molecule has 0 spiro atoms. The standard InChI is InChI=1S/C19H20FN3OS2/c1-3-19(2)8-12-14(9-24-19)26-17-15(12)16(21)22-18(23-17)25-10-11-6-4-5-7-13(11)20/h4-7H,3,8-10H2,1-2H3,(H2,21,22,23)/t19-/m1/s1. The van der Waals surface area contributed by atoms with Crippen LogP contribution < -0.4 is 5.73 Å². The molecule has 0 saturated carbocycles. The van der Waals surface area contributed by atoms with Crippen molar-refractivity contribution in [2.75, 3.05) is 5.73 Å². The fourth-order valence-corrected chi connectivity index (χ4v) is 5.14. The Morgan fingerprint density at radius 2 is 2.15 bits per heavy atom. The van der Waals surface area contributed by atoms with Gasteiger partial charge in [0.15, 0.2) is 5.16 Å². The number of nitrogens with zero attached hydrogens (tertiary/aromatic N) is 2. The highest BCUT2D eigenvalue weighted by molar-refractivity contribution is 7.98. The maximum absolute atomic E-state index is 13.8. The van der Waals surface area contributed by atoms with E-state index in [1.54, 1.807) is 23.5 Å². The summed E-state index contributed by atoms with van der Waals surface area (Å²) in [5, 5.41) is 1.54. The molecule has 26 heavy (non-hydrogen) atoms. The molecule has 2 aromatic heterocycles. The predicted molar refractivity (Wildman–Crippen MR) is 105 cm³/mol. The first-order valence-electron chi connectivity index (χ1n) is 8.57. The van der Waals surface area contributed by atoms with Crippen molar-refractivity contribution in [3.63, 3.8) is 0 Å². The zero-order chi connectivity index (χ0) is 18.3. The molecule has 0 fully saturated rings. The number of fused-ring (bicyclic) bond motifs is 3. The van der Waals surface area contributed by atoms with Gasteiger partial charge >= 0.3 is 0 Å². The van der Waals surface area contributed by atoms with Crippen LogP contribution in [0.25, 0.3) is 10.2 Å². The number of rotatable bonds is 4. The fourth-order valence-electron chi connectivity index (χ4n) is 3.13. The monoisotopic (exact) mass is 389 g/mol. The SMILES string of the molecule is CC[C@]1(C)Cc2c(sc3nc(SCc4ccccc4F)nc(N)c23)CO1. The van der Waals surface area contributed by atoms with Crippen molar-refractivity contribution in [2.45, 2.75) is 49.8 Å². The van der Waals surface area contributed by atoms with Gasteiger partial charge in [-0.2, -0.15) is 0 Å². The van der Waals surface area contributed by atoms with Crippen molar-refractivity contribution < 1.29 is 9.13 Å². The van der Waals surface area contributed by atoms with Crippen LogP contribution in [-0.4, -0.2) is 15.6 Å². The Labute approximate surface area is 160 Å². The zero-order valence-corrected chi connectivity index (χ0v) is 16.3. The molecule has 1 aromatic carbocycles. The fraction of sp³-hybridized carbons (Fsp3) is 0.368. The summed E-state index contributed by atoms with van der Waals surface area (Å²) in [5.41, 5.74) is 7.98. The van der Waals surface area contributed by atoms with E-state index in [-0.39, 0.29) is 11.4 Å². The molecule has 3 aromatic rings. The molecule has 1 aliphatic heterocycles. The van der Waals surface area contributed by atoms with Crippen molar-refractivity contribution in [3.05, 3.63) is 46.1 Å². The van der Waals surface area contributed by atoms with E-state index in [0.29, 0.717) is 28.9 Å². The Bertz CT molecular complexity index is 975. The van der Waals surface area contributed by atoms with E-state index in [2.05, 4.69) is 23.8 Å². The minimum absolute atomic E-state index is 0.161. The summed E-state index contributed by atoms with van der Waals surface area (Å²) in [5.74, 6) is 0.764. The number of ether oxygens (including phenoxy) is 1. The minimum atomic E-state index is -0.211. The number of anilines is 1. The van der Waals surface area contributed by atoms with Gasteiger partial charge in [0, 0.05) is 17.1 Å². The minimum Gasteiger partial charge on any atom is -0.383 e. The second-order valence-electron chi connectivity index (χ2n) is 6.72. The Hall–Kier alpha value is -1.70. The first-order chi connectivity index (χ1) is 12.5. The van der Waals surface area contributed by atoms with Crippen molar-refractivity contribution in [2.24, 2.45) is 0 Å². The average Bonchev–Trinajstić information content (AvgIpc) is 2.99. The van der Waals surface area contributed by atoms with Crippen LogP contribution in [0, 0.1) is 5.82 Å². The van der Waals surface area contributed by atoms with Gasteiger partial charge in [-0.05, 0) is 30.5 Å². The molecule has 0 radical (unpaired) electrons. The smallest absolute Gasteiger partial charge is 0.191 e. The van der Waals surface area contributed by atoms with Gasteiger partial charge < -0.3 is 10.5 Å². The van der Waals surface area contributed by atoms with Gasteiger partial charge in [-0.1, -0.05) is 36.9 Å². The van der Waals surface area contributed by atoms with Crippen LogP contribution in [-0.2, 0) is 23.5 Å². The highest BCUT2D eigenvalue weighted by Gasteiger charge is 2.33. The number of benzene rings is 1. The third kappa shape index (κ3) is 3.19. The summed E-state index contributed by atoms with van der Waals surface area (Å²) in [7, 11) is 0. The maximum atomic E-state index is 13.8. The zero-order valence-electron chi connectivity index (χ0n) is 14.7. The largest absolute Gasteiger partial charge is 0.383 e. The first-order valence-corrected chi connectivity index (χ1v) is 10.4. The van der Waals surface area contributed by atoms with Gasteiger partial charge in [-0.15, -0.1) is 11.3 Å². The molecule has 3 heterocycles. The number of nitrogen functional groups attached to an aromatic ring is 1. The number of aromatic nitrogens is 2. The molecule has 0 bridgehead atoms. The summed E-state index contributed by atoms with van der Waals surface area (Å²) in [4.78, 5) is 11.2. The quantitative estimate of drug-likeness (QED) is 0.505. The molecule has 0 saturated heterocycles. The third-order valence-corrected chi connectivity index (χ3v) is 6.90. The normalized spacial score (nSPS) is 19.7. The van der Waals surface area contributed by atoms with Crippen LogP contribution in [0.2, 0.25) is 0 Å². The van der Waals surface area contributed by atoms with Crippen LogP contribution in [0.15, 0.2) is 29.4 Å². The van der Waals surface area contributed by atoms with Crippen LogP contribution in [0.5, 0.6) is 0 Å². The molecule has 4 rings (SSSR count). The molecule has 7 heteroatoms. The van der Waals surface area contributed by atoms with Crippen molar-refractivity contribution >= 4 is 39.1 Å². The Balaban J connectivity index is 1.65. The Morgan fingerprint density at radius 1 is 1.35 bits per heavy atom. The van der Waals surface area contributed by atoms with Crippen LogP contribution >= 0.6 is 23.1 Å². The third-order valence-electron chi connectivity index (χ3n) is 4.91. The van der Waals surface area contributed by atoms with Crippen LogP contribution in [0.1, 0.15) is 36.3 Å². The Kier molecular flexibility index (Phi) is 4.62. The number of thiophene rings is 1. The summed E-state index contributed by atoms with van der Waals surface area (Å²) in [6, 6.07) is 6.76. The van der Waals surface area contributed by atoms with Gasteiger partial charge in [0.2, 0.25) is 0 Å². The maximum Gasteiger partial charge on any atom is 0.191 e. The number of thioether (sulfide) groups is 1. The Morgan fingerprint density at radius 3 is 2.92 bits per heavy atom. The number of nitrogens with two attached hydrogens (primary N) is 1. The second kappa shape index (κ2) is 6.79. The molecule has 0 unspecified atom stereocenters. The lowest BCUT2D eigenvalue weighted by molar-refractivity contribution is -0.0542. The van der Waals surface area contributed by atoms with Crippen molar-refractivity contribution in [1.29, 1.82) is 0 Å². The molecule has 4 nitrogen and oxygen atoms in total. The summed E-state index contributed by atoms with van der Waals surface area (Å²) >= 11 is 3.02. The molecule has 2 N–H and O–H groups in total. The number of hydrogen-bond donors (Lipinski definition) is 1. The highest BCUT2D eigenvalue weighted by Crippen LogP contribution is 2.41. The second-order valence-corrected chi connectivity index (χ2v) is 8.75. The van der Waals surface area contributed by atoms with E-state index in [1.165, 1.54) is 28.3 Å². The first kappa shape index (κ1) is 17.7. The van der Waals surface area contributed by atoms with Crippen LogP contribution in [0.4, 0.5) is 10.2 Å². The number of halogens is 1. The molecule has 1 atom stereocenters. The number of hydrogen-bond acceptors (Lipinski definition) is 6. The van der Waals surface area contributed by atoms with Gasteiger partial charge in [0.05, 0.1) is 17.6 Å². The molecule has 0 aliphatic carbocycles. The summed E-state index contributed by atoms with van der Waals surface area (Å²) in [6.07, 6.45) is 1.77. The highest BCUT2D eigenvalue weighted by atomic mass is 32.2. The molecule has 1 aliphatic rings. The van der Waals surface area contributed by atoms with Gasteiger partial charge in [-0.3, -0.25) is 0 Å². The van der Waals surface area contributed by atoms with E-state index in [4.69, 9.17) is 10.5 Å². The lowest BCUT2D eigenvalue weighted by Crippen LogP contribution is -2.33.